The summed E-state index contributed by atoms with van der Waals surface area (Å²) in [6.45, 7) is 1.78. The van der Waals surface area contributed by atoms with Gasteiger partial charge in [-0.1, -0.05) is 36.4 Å². The fourth-order valence-corrected chi connectivity index (χ4v) is 1.52. The van der Waals surface area contributed by atoms with Crippen LogP contribution in [0.25, 0.3) is 6.08 Å². The van der Waals surface area contributed by atoms with Gasteiger partial charge < -0.3 is 5.32 Å². The third-order valence-corrected chi connectivity index (χ3v) is 2.45. The van der Waals surface area contributed by atoms with Gasteiger partial charge in [-0.3, -0.25) is 4.79 Å². The van der Waals surface area contributed by atoms with Crippen LogP contribution in [0.2, 0.25) is 0 Å². The van der Waals surface area contributed by atoms with E-state index in [0.29, 0.717) is 11.4 Å². The fourth-order valence-electron chi connectivity index (χ4n) is 1.52. The highest BCUT2D eigenvalue weighted by atomic mass is 16.1. The molecule has 1 amide bonds. The zero-order chi connectivity index (χ0) is 12.8. The quantitative estimate of drug-likeness (QED) is 0.835. The molecule has 0 saturated carbocycles. The van der Waals surface area contributed by atoms with Crippen LogP contribution in [-0.2, 0) is 4.79 Å². The van der Waals surface area contributed by atoms with Crippen LogP contribution in [0.3, 0.4) is 0 Å². The minimum absolute atomic E-state index is 0.141. The second-order valence-electron chi connectivity index (χ2n) is 3.91. The maximum atomic E-state index is 11.9. The van der Waals surface area contributed by atoms with Gasteiger partial charge in [0.15, 0.2) is 0 Å². The molecule has 0 fully saturated rings. The molecule has 1 aromatic carbocycles. The molecule has 90 valence electrons. The average molecular weight is 238 g/mol. The van der Waals surface area contributed by atoms with Crippen molar-refractivity contribution in [3.63, 3.8) is 0 Å². The third-order valence-electron chi connectivity index (χ3n) is 2.45. The molecule has 0 aliphatic heterocycles. The van der Waals surface area contributed by atoms with E-state index in [1.54, 1.807) is 19.2 Å². The van der Waals surface area contributed by atoms with Gasteiger partial charge in [-0.15, -0.1) is 0 Å². The normalized spacial score (nSPS) is 11.1. The molecule has 0 bridgehead atoms. The molecule has 0 unspecified atom stereocenters. The molecule has 3 nitrogen and oxygen atoms in total. The predicted octanol–water partition coefficient (Wildman–Crippen LogP) is 3.12. The van der Waals surface area contributed by atoms with Crippen LogP contribution in [0.1, 0.15) is 12.5 Å². The first-order chi connectivity index (χ1) is 8.75. The minimum atomic E-state index is -0.141. The zero-order valence-corrected chi connectivity index (χ0v) is 10.1. The minimum Gasteiger partial charge on any atom is -0.307 e. The molecule has 0 aliphatic carbocycles. The van der Waals surface area contributed by atoms with E-state index in [4.69, 9.17) is 0 Å². The number of pyridine rings is 1. The van der Waals surface area contributed by atoms with E-state index in [9.17, 15) is 4.79 Å². The van der Waals surface area contributed by atoms with Crippen LogP contribution in [0.5, 0.6) is 0 Å². The SMILES string of the molecule is CC(=Cc1ccccc1)C(=O)Nc1ccccn1. The fraction of sp³-hybridized carbons (Fsp3) is 0.0667. The number of benzene rings is 1. The number of rotatable bonds is 3. The Morgan fingerprint density at radius 1 is 1.11 bits per heavy atom. The van der Waals surface area contributed by atoms with Crippen molar-refractivity contribution in [1.29, 1.82) is 0 Å². The molecular formula is C15H14N2O. The molecule has 2 rings (SSSR count). The molecule has 0 spiro atoms. The van der Waals surface area contributed by atoms with Crippen LogP contribution in [-0.4, -0.2) is 10.9 Å². The lowest BCUT2D eigenvalue weighted by molar-refractivity contribution is -0.112. The summed E-state index contributed by atoms with van der Waals surface area (Å²) in [7, 11) is 0. The monoisotopic (exact) mass is 238 g/mol. The summed E-state index contributed by atoms with van der Waals surface area (Å²) in [5.74, 6) is 0.417. The number of carbonyl (C=O) groups excluding carboxylic acids is 1. The molecule has 0 aliphatic rings. The molecule has 0 saturated heterocycles. The number of nitrogens with one attached hydrogen (secondary N) is 1. The van der Waals surface area contributed by atoms with Crippen LogP contribution < -0.4 is 5.32 Å². The van der Waals surface area contributed by atoms with Gasteiger partial charge in [0, 0.05) is 11.8 Å². The number of anilines is 1. The van der Waals surface area contributed by atoms with Gasteiger partial charge in [-0.2, -0.15) is 0 Å². The Hall–Kier alpha value is -2.42. The van der Waals surface area contributed by atoms with Gasteiger partial charge >= 0.3 is 0 Å². The van der Waals surface area contributed by atoms with Gasteiger partial charge in [0.05, 0.1) is 0 Å². The van der Waals surface area contributed by atoms with Gasteiger partial charge in [0.1, 0.15) is 5.82 Å². The second-order valence-corrected chi connectivity index (χ2v) is 3.91. The predicted molar refractivity (Wildman–Crippen MR) is 73.0 cm³/mol. The summed E-state index contributed by atoms with van der Waals surface area (Å²) in [6.07, 6.45) is 3.49. The summed E-state index contributed by atoms with van der Waals surface area (Å²) < 4.78 is 0. The number of aromatic nitrogens is 1. The molecule has 1 heterocycles. The maximum Gasteiger partial charge on any atom is 0.252 e. The van der Waals surface area contributed by atoms with Crippen molar-refractivity contribution in [1.82, 2.24) is 4.98 Å². The highest BCUT2D eigenvalue weighted by Crippen LogP contribution is 2.08. The van der Waals surface area contributed by atoms with Crippen LogP contribution in [0, 0.1) is 0 Å². The first-order valence-corrected chi connectivity index (χ1v) is 5.71. The maximum absolute atomic E-state index is 11.9. The standard InChI is InChI=1S/C15H14N2O/c1-12(11-13-7-3-2-4-8-13)15(18)17-14-9-5-6-10-16-14/h2-11H,1H3,(H,16,17,18). The highest BCUT2D eigenvalue weighted by molar-refractivity contribution is 6.05. The first kappa shape index (κ1) is 12.0. The Bertz CT molecular complexity index is 547. The molecule has 0 radical (unpaired) electrons. The number of carbonyl (C=O) groups is 1. The summed E-state index contributed by atoms with van der Waals surface area (Å²) in [5.41, 5.74) is 1.65. The molecule has 1 aromatic heterocycles. The average Bonchev–Trinajstić information content (AvgIpc) is 2.41. The number of hydrogen-bond acceptors (Lipinski definition) is 2. The Labute approximate surface area is 106 Å². The summed E-state index contributed by atoms with van der Waals surface area (Å²) >= 11 is 0. The Balaban J connectivity index is 2.08. The largest absolute Gasteiger partial charge is 0.307 e. The summed E-state index contributed by atoms with van der Waals surface area (Å²) in [5, 5.41) is 2.74. The van der Waals surface area contributed by atoms with Crippen molar-refractivity contribution in [3.8, 4) is 0 Å². The van der Waals surface area contributed by atoms with E-state index < -0.39 is 0 Å². The van der Waals surface area contributed by atoms with E-state index in [0.717, 1.165) is 5.56 Å². The summed E-state index contributed by atoms with van der Waals surface area (Å²) in [6, 6.07) is 15.1. The van der Waals surface area contributed by atoms with E-state index >= 15 is 0 Å². The molecule has 0 atom stereocenters. The van der Waals surface area contributed by atoms with Gasteiger partial charge in [-0.25, -0.2) is 4.98 Å². The Morgan fingerprint density at radius 3 is 2.50 bits per heavy atom. The van der Waals surface area contributed by atoms with Gasteiger partial charge in [-0.05, 0) is 30.7 Å². The zero-order valence-electron chi connectivity index (χ0n) is 10.1. The molecule has 18 heavy (non-hydrogen) atoms. The lowest BCUT2D eigenvalue weighted by atomic mass is 10.1. The van der Waals surface area contributed by atoms with Crippen molar-refractivity contribution in [3.05, 3.63) is 65.9 Å². The third kappa shape index (κ3) is 3.28. The Morgan fingerprint density at radius 2 is 1.83 bits per heavy atom. The first-order valence-electron chi connectivity index (χ1n) is 5.71. The summed E-state index contributed by atoms with van der Waals surface area (Å²) in [4.78, 5) is 15.9. The Kier molecular flexibility index (Phi) is 3.86. The van der Waals surface area contributed by atoms with Gasteiger partial charge in [0.25, 0.3) is 5.91 Å². The number of nitrogens with zero attached hydrogens (tertiary/aromatic N) is 1. The smallest absolute Gasteiger partial charge is 0.252 e. The number of amides is 1. The van der Waals surface area contributed by atoms with Gasteiger partial charge in [0.2, 0.25) is 0 Å². The lowest BCUT2D eigenvalue weighted by Gasteiger charge is -2.04. The van der Waals surface area contributed by atoms with Crippen molar-refractivity contribution in [2.24, 2.45) is 0 Å². The van der Waals surface area contributed by atoms with E-state index in [1.807, 2.05) is 48.5 Å². The molecule has 3 heteroatoms. The van der Waals surface area contributed by atoms with E-state index in [-0.39, 0.29) is 5.91 Å². The van der Waals surface area contributed by atoms with Crippen LogP contribution in [0.15, 0.2) is 60.3 Å². The topological polar surface area (TPSA) is 42.0 Å². The van der Waals surface area contributed by atoms with E-state index in [1.165, 1.54) is 0 Å². The van der Waals surface area contributed by atoms with Crippen LogP contribution >= 0.6 is 0 Å². The van der Waals surface area contributed by atoms with E-state index in [2.05, 4.69) is 10.3 Å². The van der Waals surface area contributed by atoms with Crippen molar-refractivity contribution in [2.75, 3.05) is 5.32 Å². The van der Waals surface area contributed by atoms with Crippen molar-refractivity contribution < 1.29 is 4.79 Å². The van der Waals surface area contributed by atoms with Crippen molar-refractivity contribution in [2.45, 2.75) is 6.92 Å². The molecule has 2 aromatic rings. The van der Waals surface area contributed by atoms with Crippen LogP contribution in [0.4, 0.5) is 5.82 Å². The van der Waals surface area contributed by atoms with Crippen molar-refractivity contribution >= 4 is 17.8 Å². The molecular weight excluding hydrogens is 224 g/mol. The second kappa shape index (κ2) is 5.77. The lowest BCUT2D eigenvalue weighted by Crippen LogP contribution is -2.13. The number of hydrogen-bond donors (Lipinski definition) is 1. The highest BCUT2D eigenvalue weighted by Gasteiger charge is 2.04. The molecule has 1 N–H and O–H groups in total.